The number of aromatic nitrogens is 2. The number of anilines is 3. The molecular formula is C74H73N3. The molecule has 4 heterocycles. The number of nitrogens with zero attached hydrogens (tertiary/aromatic N) is 3. The summed E-state index contributed by atoms with van der Waals surface area (Å²) in [6.07, 6.45) is 7.17. The van der Waals surface area contributed by atoms with Crippen molar-refractivity contribution in [3.63, 3.8) is 0 Å². The topological polar surface area (TPSA) is 12.1 Å². The molecule has 0 N–H and O–H groups in total. The Morgan fingerprint density at radius 2 is 0.883 bits per heavy atom. The van der Waals surface area contributed by atoms with Gasteiger partial charge < -0.3 is 13.7 Å². The van der Waals surface area contributed by atoms with Gasteiger partial charge in [-0.1, -0.05) is 172 Å². The van der Waals surface area contributed by atoms with E-state index in [0.717, 1.165) is 44.9 Å². The minimum absolute atomic E-state index is 0.0141. The summed E-state index contributed by atoms with van der Waals surface area (Å²) in [5.74, 6) is 0.399. The lowest BCUT2D eigenvalue weighted by Crippen LogP contribution is -2.11. The number of hydrogen-bond donors (Lipinski definition) is 0. The molecule has 13 aromatic rings. The van der Waals surface area contributed by atoms with Crippen molar-refractivity contribution < 1.29 is 0 Å². The van der Waals surface area contributed by atoms with Crippen LogP contribution in [0.4, 0.5) is 17.1 Å². The SMILES string of the molecule is CCc1cccc(CC(CCc2ccc3c4cc5c(cc4n4c6ccc(C(C)(C)C)cc6c2c34)c2ccc(N(c3cccc(CC)c3)c3cccc(CC)c3)c3c4cc(C(C)(C)C)ccc4n5c23)c2cccc(CC)c2)c1. The number of fused-ring (bicyclic) bond motifs is 12. The van der Waals surface area contributed by atoms with Gasteiger partial charge in [0.25, 0.3) is 0 Å². The van der Waals surface area contributed by atoms with Gasteiger partial charge in [0, 0.05) is 54.5 Å². The summed E-state index contributed by atoms with van der Waals surface area (Å²) < 4.78 is 5.26. The predicted molar refractivity (Wildman–Crippen MR) is 333 cm³/mol. The normalized spacial score (nSPS) is 13.1. The van der Waals surface area contributed by atoms with Crippen LogP contribution in [0, 0.1) is 0 Å². The van der Waals surface area contributed by atoms with E-state index in [0.29, 0.717) is 5.92 Å². The van der Waals surface area contributed by atoms with E-state index in [2.05, 4.69) is 253 Å². The average molecular weight is 1000 g/mol. The second kappa shape index (κ2) is 18.5. The van der Waals surface area contributed by atoms with E-state index in [4.69, 9.17) is 0 Å². The zero-order valence-electron chi connectivity index (χ0n) is 47.0. The van der Waals surface area contributed by atoms with Crippen molar-refractivity contribution in [2.75, 3.05) is 4.90 Å². The number of aryl methyl sites for hydroxylation is 5. The molecule has 0 bridgehead atoms. The predicted octanol–water partition coefficient (Wildman–Crippen LogP) is 20.3. The molecule has 13 rings (SSSR count). The Labute approximate surface area is 455 Å². The zero-order chi connectivity index (χ0) is 53.1. The van der Waals surface area contributed by atoms with Gasteiger partial charge in [0.05, 0.1) is 38.8 Å². The van der Waals surface area contributed by atoms with E-state index >= 15 is 0 Å². The molecule has 9 aromatic carbocycles. The second-order valence-corrected chi connectivity index (χ2v) is 24.5. The fourth-order valence-electron chi connectivity index (χ4n) is 13.3. The third kappa shape index (κ3) is 8.06. The van der Waals surface area contributed by atoms with Crippen molar-refractivity contribution in [2.45, 2.75) is 131 Å². The maximum atomic E-state index is 2.64. The Hall–Kier alpha value is -7.62. The molecule has 3 nitrogen and oxygen atoms in total. The molecule has 77 heavy (non-hydrogen) atoms. The first-order valence-corrected chi connectivity index (χ1v) is 28.8. The van der Waals surface area contributed by atoms with E-state index in [1.54, 1.807) is 0 Å². The quantitative estimate of drug-likeness (QED) is 0.112. The van der Waals surface area contributed by atoms with Crippen LogP contribution in [-0.2, 0) is 49.4 Å². The maximum absolute atomic E-state index is 2.64. The molecule has 0 amide bonds. The van der Waals surface area contributed by atoms with Crippen molar-refractivity contribution in [3.8, 4) is 0 Å². The van der Waals surface area contributed by atoms with Crippen LogP contribution in [0.5, 0.6) is 0 Å². The highest BCUT2D eigenvalue weighted by Gasteiger charge is 2.29. The molecule has 3 heteroatoms. The number of rotatable bonds is 13. The standard InChI is InChI=1S/C74H73N3/c1-11-46-19-15-23-50(37-46)39-53(52-24-16-20-47(12-2)38-52)28-27-51-29-32-58-60-44-68-61(45-67(60)76-64-34-30-54(73(5,6)7)42-62(64)69(51)71(58)76)59-33-36-66(70-63-43-55(74(8,9)10)31-35-65(63)77(68)72(59)70)75(56-25-17-21-48(13-3)40-56)57-26-18-22-49(14-4)41-57/h15-26,29-38,40-45,53H,11-14,27-28,39H2,1-10H3. The highest BCUT2D eigenvalue weighted by Crippen LogP contribution is 2.50. The molecular weight excluding hydrogens is 931 g/mol. The second-order valence-electron chi connectivity index (χ2n) is 24.5. The average Bonchev–Trinajstić information content (AvgIpc) is 4.28. The van der Waals surface area contributed by atoms with E-state index in [9.17, 15) is 0 Å². The van der Waals surface area contributed by atoms with Crippen molar-refractivity contribution in [1.82, 2.24) is 8.80 Å². The lowest BCUT2D eigenvalue weighted by atomic mass is 9.84. The maximum Gasteiger partial charge on any atom is 0.0641 e. The smallest absolute Gasteiger partial charge is 0.0641 e. The van der Waals surface area contributed by atoms with Gasteiger partial charge in [0.2, 0.25) is 0 Å². The van der Waals surface area contributed by atoms with Gasteiger partial charge >= 0.3 is 0 Å². The van der Waals surface area contributed by atoms with Gasteiger partial charge in [-0.2, -0.15) is 0 Å². The zero-order valence-corrected chi connectivity index (χ0v) is 47.0. The first-order valence-electron chi connectivity index (χ1n) is 28.8. The van der Waals surface area contributed by atoms with E-state index < -0.39 is 0 Å². The van der Waals surface area contributed by atoms with Crippen molar-refractivity contribution >= 4 is 93.3 Å². The summed E-state index contributed by atoms with van der Waals surface area (Å²) in [7, 11) is 0. The molecule has 0 fully saturated rings. The summed E-state index contributed by atoms with van der Waals surface area (Å²) in [6, 6.07) is 66.7. The fraction of sp³-hybridized carbons (Fsp3) is 0.270. The van der Waals surface area contributed by atoms with Crippen LogP contribution >= 0.6 is 0 Å². The van der Waals surface area contributed by atoms with Crippen molar-refractivity contribution in [3.05, 3.63) is 220 Å². The third-order valence-electron chi connectivity index (χ3n) is 17.7. The van der Waals surface area contributed by atoms with Crippen LogP contribution < -0.4 is 4.90 Å². The summed E-state index contributed by atoms with van der Waals surface area (Å²) in [5, 5.41) is 10.6. The van der Waals surface area contributed by atoms with Crippen LogP contribution in [0.1, 0.15) is 132 Å². The Morgan fingerprint density at radius 3 is 1.44 bits per heavy atom. The van der Waals surface area contributed by atoms with Gasteiger partial charge in [0.15, 0.2) is 0 Å². The first kappa shape index (κ1) is 49.0. The summed E-state index contributed by atoms with van der Waals surface area (Å²) in [6.45, 7) is 23.1. The Morgan fingerprint density at radius 1 is 0.403 bits per heavy atom. The van der Waals surface area contributed by atoms with Crippen LogP contribution in [0.25, 0.3) is 76.2 Å². The Kier molecular flexibility index (Phi) is 11.8. The summed E-state index contributed by atoms with van der Waals surface area (Å²) >= 11 is 0. The molecule has 384 valence electrons. The minimum Gasteiger partial charge on any atom is -0.310 e. The molecule has 0 radical (unpaired) electrons. The highest BCUT2D eigenvalue weighted by atomic mass is 15.1. The molecule has 4 aromatic heterocycles. The van der Waals surface area contributed by atoms with E-state index in [-0.39, 0.29) is 10.8 Å². The van der Waals surface area contributed by atoms with Gasteiger partial charge in [-0.3, -0.25) is 0 Å². The molecule has 0 spiro atoms. The van der Waals surface area contributed by atoms with Gasteiger partial charge in [-0.25, -0.2) is 0 Å². The van der Waals surface area contributed by atoms with Gasteiger partial charge in [-0.05, 0) is 178 Å². The van der Waals surface area contributed by atoms with Crippen LogP contribution in [-0.4, -0.2) is 8.80 Å². The number of benzene rings is 9. The molecule has 0 aliphatic carbocycles. The Balaban J connectivity index is 1.05. The first-order chi connectivity index (χ1) is 37.2. The molecule has 1 unspecified atom stereocenters. The lowest BCUT2D eigenvalue weighted by Gasteiger charge is -2.27. The van der Waals surface area contributed by atoms with Crippen molar-refractivity contribution in [1.29, 1.82) is 0 Å². The Bertz CT molecular complexity index is 4340. The number of hydrogen-bond acceptors (Lipinski definition) is 1. The molecule has 0 aliphatic heterocycles. The van der Waals surface area contributed by atoms with Crippen LogP contribution in [0.2, 0.25) is 0 Å². The molecule has 0 aliphatic rings. The summed E-state index contributed by atoms with van der Waals surface area (Å²) in [5.41, 5.74) is 23.9. The summed E-state index contributed by atoms with van der Waals surface area (Å²) in [4.78, 5) is 2.53. The highest BCUT2D eigenvalue weighted by molar-refractivity contribution is 6.31. The third-order valence-corrected chi connectivity index (χ3v) is 17.7. The lowest BCUT2D eigenvalue weighted by molar-refractivity contribution is 0.591. The monoisotopic (exact) mass is 1000 g/mol. The van der Waals surface area contributed by atoms with E-state index in [1.165, 1.54) is 143 Å². The molecule has 0 saturated heterocycles. The van der Waals surface area contributed by atoms with Crippen LogP contribution in [0.3, 0.4) is 0 Å². The minimum atomic E-state index is -0.0170. The van der Waals surface area contributed by atoms with Gasteiger partial charge in [0.1, 0.15) is 0 Å². The molecule has 1 atom stereocenters. The van der Waals surface area contributed by atoms with Crippen molar-refractivity contribution in [2.24, 2.45) is 0 Å². The largest absolute Gasteiger partial charge is 0.310 e. The fourth-order valence-corrected chi connectivity index (χ4v) is 13.3. The van der Waals surface area contributed by atoms with Gasteiger partial charge in [-0.15, -0.1) is 0 Å². The molecule has 0 saturated carbocycles. The van der Waals surface area contributed by atoms with Crippen LogP contribution in [0.15, 0.2) is 170 Å². The van der Waals surface area contributed by atoms with E-state index in [1.807, 2.05) is 0 Å².